The van der Waals surface area contributed by atoms with Crippen LogP contribution in [0.25, 0.3) is 0 Å². The average Bonchev–Trinajstić information content (AvgIpc) is 2.38. The lowest BCUT2D eigenvalue weighted by Crippen LogP contribution is -2.30. The molecule has 1 aliphatic carbocycles. The monoisotopic (exact) mass is 230 g/mol. The van der Waals surface area contributed by atoms with Crippen LogP contribution in [0.5, 0.6) is 0 Å². The van der Waals surface area contributed by atoms with Gasteiger partial charge in [0.05, 0.1) is 17.4 Å². The van der Waals surface area contributed by atoms with E-state index < -0.39 is 0 Å². The summed E-state index contributed by atoms with van der Waals surface area (Å²) < 4.78 is 0. The Morgan fingerprint density at radius 1 is 1.29 bits per heavy atom. The van der Waals surface area contributed by atoms with E-state index in [0.717, 1.165) is 31.5 Å². The van der Waals surface area contributed by atoms with Crippen LogP contribution in [-0.2, 0) is 0 Å². The van der Waals surface area contributed by atoms with Crippen molar-refractivity contribution in [3.8, 4) is 6.07 Å². The number of para-hydroxylation sites is 1. The van der Waals surface area contributed by atoms with Crippen molar-refractivity contribution in [1.82, 2.24) is 0 Å². The van der Waals surface area contributed by atoms with Gasteiger partial charge in [0, 0.05) is 12.5 Å². The molecule has 0 bridgehead atoms. The minimum atomic E-state index is -0.189. The third-order valence-corrected chi connectivity index (χ3v) is 3.47. The zero-order chi connectivity index (χ0) is 12.1. The van der Waals surface area contributed by atoms with Crippen LogP contribution in [0.1, 0.15) is 31.2 Å². The number of hydrogen-bond acceptors (Lipinski definition) is 3. The molecule has 2 unspecified atom stereocenters. The molecule has 1 aliphatic rings. The van der Waals surface area contributed by atoms with Gasteiger partial charge in [-0.05, 0) is 25.0 Å². The molecule has 0 radical (unpaired) electrons. The van der Waals surface area contributed by atoms with Gasteiger partial charge in [0.15, 0.2) is 0 Å². The number of aliphatic hydroxyl groups is 1. The van der Waals surface area contributed by atoms with Crippen LogP contribution in [0.15, 0.2) is 24.3 Å². The van der Waals surface area contributed by atoms with E-state index in [1.807, 2.05) is 18.2 Å². The number of benzene rings is 1. The zero-order valence-corrected chi connectivity index (χ0v) is 9.89. The number of aliphatic hydroxyl groups excluding tert-OH is 1. The predicted molar refractivity (Wildman–Crippen MR) is 67.6 cm³/mol. The van der Waals surface area contributed by atoms with Gasteiger partial charge in [0.25, 0.3) is 0 Å². The first-order chi connectivity index (χ1) is 8.31. The van der Waals surface area contributed by atoms with E-state index in [9.17, 15) is 5.11 Å². The lowest BCUT2D eigenvalue weighted by molar-refractivity contribution is 0.0763. The Bertz CT molecular complexity index is 411. The van der Waals surface area contributed by atoms with Crippen LogP contribution >= 0.6 is 0 Å². The second-order valence-corrected chi connectivity index (χ2v) is 4.65. The Morgan fingerprint density at radius 2 is 2.06 bits per heavy atom. The number of rotatable bonds is 3. The molecule has 0 amide bonds. The molecule has 3 nitrogen and oxygen atoms in total. The first kappa shape index (κ1) is 11.9. The summed E-state index contributed by atoms with van der Waals surface area (Å²) in [5.74, 6) is 0.315. The normalized spacial score (nSPS) is 24.0. The molecule has 0 aromatic heterocycles. The van der Waals surface area contributed by atoms with Crippen molar-refractivity contribution in [3.05, 3.63) is 29.8 Å². The van der Waals surface area contributed by atoms with Gasteiger partial charge < -0.3 is 10.4 Å². The molecule has 2 atom stereocenters. The van der Waals surface area contributed by atoms with Crippen LogP contribution in [0.3, 0.4) is 0 Å². The van der Waals surface area contributed by atoms with Gasteiger partial charge in [-0.25, -0.2) is 0 Å². The van der Waals surface area contributed by atoms with Gasteiger partial charge in [0.1, 0.15) is 6.07 Å². The first-order valence-electron chi connectivity index (χ1n) is 6.22. The van der Waals surface area contributed by atoms with Gasteiger partial charge in [-0.2, -0.15) is 5.26 Å². The Kier molecular flexibility index (Phi) is 4.00. The lowest BCUT2D eigenvalue weighted by atomic mass is 9.86. The molecule has 0 spiro atoms. The molecule has 2 rings (SSSR count). The summed E-state index contributed by atoms with van der Waals surface area (Å²) in [7, 11) is 0. The maximum Gasteiger partial charge on any atom is 0.101 e. The molecule has 0 saturated heterocycles. The standard InChI is InChI=1S/C14H18N2O/c15-9-11-5-1-3-7-13(11)16-10-12-6-2-4-8-14(12)17/h1,3,5,7,12,14,16-17H,2,4,6,8,10H2. The Labute approximate surface area is 102 Å². The van der Waals surface area contributed by atoms with Crippen LogP contribution in [-0.4, -0.2) is 17.8 Å². The summed E-state index contributed by atoms with van der Waals surface area (Å²) in [6, 6.07) is 9.66. The zero-order valence-electron chi connectivity index (χ0n) is 9.89. The second kappa shape index (κ2) is 5.70. The van der Waals surface area contributed by atoms with Crippen LogP contribution < -0.4 is 5.32 Å². The molecule has 1 aromatic carbocycles. The van der Waals surface area contributed by atoms with Crippen molar-refractivity contribution in [1.29, 1.82) is 5.26 Å². The van der Waals surface area contributed by atoms with E-state index in [-0.39, 0.29) is 6.10 Å². The fourth-order valence-electron chi connectivity index (χ4n) is 2.40. The molecule has 2 N–H and O–H groups in total. The van der Waals surface area contributed by atoms with Crippen molar-refractivity contribution in [2.24, 2.45) is 5.92 Å². The van der Waals surface area contributed by atoms with E-state index in [0.29, 0.717) is 11.5 Å². The fourth-order valence-corrected chi connectivity index (χ4v) is 2.40. The highest BCUT2D eigenvalue weighted by atomic mass is 16.3. The van der Waals surface area contributed by atoms with Gasteiger partial charge in [-0.15, -0.1) is 0 Å². The molecule has 0 heterocycles. The molecule has 1 aromatic rings. The molecule has 90 valence electrons. The van der Waals surface area contributed by atoms with Crippen molar-refractivity contribution in [2.45, 2.75) is 31.8 Å². The first-order valence-corrected chi connectivity index (χ1v) is 6.22. The lowest BCUT2D eigenvalue weighted by Gasteiger charge is -2.28. The third-order valence-electron chi connectivity index (χ3n) is 3.47. The Hall–Kier alpha value is -1.53. The maximum atomic E-state index is 9.87. The molecular weight excluding hydrogens is 212 g/mol. The summed E-state index contributed by atoms with van der Waals surface area (Å²) in [6.45, 7) is 0.750. The summed E-state index contributed by atoms with van der Waals surface area (Å²) in [6.07, 6.45) is 4.12. The molecule has 3 heteroatoms. The van der Waals surface area contributed by atoms with Crippen LogP contribution in [0.4, 0.5) is 5.69 Å². The van der Waals surface area contributed by atoms with E-state index in [1.54, 1.807) is 6.07 Å². The quantitative estimate of drug-likeness (QED) is 0.839. The minimum absolute atomic E-state index is 0.189. The smallest absolute Gasteiger partial charge is 0.101 e. The summed E-state index contributed by atoms with van der Waals surface area (Å²) in [5, 5.41) is 22.1. The molecule has 17 heavy (non-hydrogen) atoms. The van der Waals surface area contributed by atoms with Gasteiger partial charge in [-0.3, -0.25) is 0 Å². The predicted octanol–water partition coefficient (Wildman–Crippen LogP) is 2.52. The largest absolute Gasteiger partial charge is 0.393 e. The summed E-state index contributed by atoms with van der Waals surface area (Å²) in [5.41, 5.74) is 1.53. The third kappa shape index (κ3) is 2.98. The number of nitrogens with zero attached hydrogens (tertiary/aromatic N) is 1. The minimum Gasteiger partial charge on any atom is -0.393 e. The van der Waals surface area contributed by atoms with Gasteiger partial charge >= 0.3 is 0 Å². The Morgan fingerprint density at radius 3 is 2.82 bits per heavy atom. The van der Waals surface area contributed by atoms with Crippen LogP contribution in [0, 0.1) is 17.2 Å². The van der Waals surface area contributed by atoms with E-state index in [1.165, 1.54) is 6.42 Å². The second-order valence-electron chi connectivity index (χ2n) is 4.65. The SMILES string of the molecule is N#Cc1ccccc1NCC1CCCCC1O. The molecule has 1 fully saturated rings. The molecule has 0 aliphatic heterocycles. The van der Waals surface area contributed by atoms with Crippen molar-refractivity contribution in [2.75, 3.05) is 11.9 Å². The fraction of sp³-hybridized carbons (Fsp3) is 0.500. The highest BCUT2D eigenvalue weighted by Crippen LogP contribution is 2.25. The number of nitrogens with one attached hydrogen (secondary N) is 1. The molecular formula is C14H18N2O. The van der Waals surface area contributed by atoms with Crippen molar-refractivity contribution < 1.29 is 5.11 Å². The maximum absolute atomic E-state index is 9.87. The van der Waals surface area contributed by atoms with Crippen LogP contribution in [0.2, 0.25) is 0 Å². The molecule has 1 saturated carbocycles. The number of anilines is 1. The van der Waals surface area contributed by atoms with Crippen molar-refractivity contribution in [3.63, 3.8) is 0 Å². The van der Waals surface area contributed by atoms with Gasteiger partial charge in [-0.1, -0.05) is 25.0 Å². The summed E-state index contributed by atoms with van der Waals surface area (Å²) >= 11 is 0. The highest BCUT2D eigenvalue weighted by molar-refractivity contribution is 5.57. The summed E-state index contributed by atoms with van der Waals surface area (Å²) in [4.78, 5) is 0. The van der Waals surface area contributed by atoms with Gasteiger partial charge in [0.2, 0.25) is 0 Å². The number of hydrogen-bond donors (Lipinski definition) is 2. The Balaban J connectivity index is 1.95. The van der Waals surface area contributed by atoms with E-state index >= 15 is 0 Å². The average molecular weight is 230 g/mol. The highest BCUT2D eigenvalue weighted by Gasteiger charge is 2.22. The van der Waals surface area contributed by atoms with E-state index in [2.05, 4.69) is 11.4 Å². The van der Waals surface area contributed by atoms with E-state index in [4.69, 9.17) is 5.26 Å². The van der Waals surface area contributed by atoms with Crippen molar-refractivity contribution >= 4 is 5.69 Å². The number of nitriles is 1. The topological polar surface area (TPSA) is 56.0 Å².